The lowest BCUT2D eigenvalue weighted by atomic mass is 9.88. The fourth-order valence-corrected chi connectivity index (χ4v) is 5.15. The summed E-state index contributed by atoms with van der Waals surface area (Å²) < 4.78 is 0. The summed E-state index contributed by atoms with van der Waals surface area (Å²) in [5, 5.41) is 3.01. The van der Waals surface area contributed by atoms with Gasteiger partial charge in [0.25, 0.3) is 5.91 Å². The number of carbonyl (C=O) groups excluding carboxylic acids is 2. The number of rotatable bonds is 8. The van der Waals surface area contributed by atoms with Crippen LogP contribution in [0.1, 0.15) is 74.2 Å². The Bertz CT molecular complexity index is 925. The van der Waals surface area contributed by atoms with E-state index in [0.29, 0.717) is 11.5 Å². The van der Waals surface area contributed by atoms with Crippen molar-refractivity contribution in [2.24, 2.45) is 5.92 Å². The molecule has 4 rings (SSSR count). The minimum Gasteiger partial charge on any atom is -0.368 e. The summed E-state index contributed by atoms with van der Waals surface area (Å²) in [6.45, 7) is 5.51. The summed E-state index contributed by atoms with van der Waals surface area (Å²) in [7, 11) is 0. The second-order valence-electron chi connectivity index (χ2n) is 9.80. The normalized spacial score (nSPS) is 17.0. The number of unbranched alkanes of at least 4 members (excludes halogenated alkanes) is 2. The van der Waals surface area contributed by atoms with E-state index in [-0.39, 0.29) is 11.8 Å². The summed E-state index contributed by atoms with van der Waals surface area (Å²) in [5.74, 6) is 0.537. The van der Waals surface area contributed by atoms with Crippen molar-refractivity contribution < 1.29 is 9.59 Å². The van der Waals surface area contributed by atoms with Crippen LogP contribution in [0.15, 0.2) is 48.5 Å². The van der Waals surface area contributed by atoms with Gasteiger partial charge in [0.1, 0.15) is 0 Å². The first kappa shape index (κ1) is 24.3. The van der Waals surface area contributed by atoms with E-state index in [1.54, 1.807) is 0 Å². The molecule has 1 aliphatic carbocycles. The van der Waals surface area contributed by atoms with E-state index in [9.17, 15) is 9.59 Å². The molecule has 1 saturated heterocycles. The predicted octanol–water partition coefficient (Wildman–Crippen LogP) is 5.90. The number of hydrogen-bond acceptors (Lipinski definition) is 3. The van der Waals surface area contributed by atoms with Gasteiger partial charge < -0.3 is 15.1 Å². The molecular weight excluding hydrogens is 422 g/mol. The van der Waals surface area contributed by atoms with Gasteiger partial charge in [0.2, 0.25) is 5.91 Å². The zero-order chi connectivity index (χ0) is 23.8. The number of nitrogens with one attached hydrogen (secondary N) is 1. The molecule has 2 aliphatic rings. The van der Waals surface area contributed by atoms with E-state index in [4.69, 9.17) is 0 Å². The Morgan fingerprint density at radius 2 is 1.53 bits per heavy atom. The van der Waals surface area contributed by atoms with E-state index < -0.39 is 0 Å². The van der Waals surface area contributed by atoms with E-state index >= 15 is 0 Å². The Morgan fingerprint density at radius 3 is 2.18 bits per heavy atom. The number of anilines is 2. The van der Waals surface area contributed by atoms with Gasteiger partial charge in [-0.3, -0.25) is 9.59 Å². The molecule has 1 saturated carbocycles. The van der Waals surface area contributed by atoms with Gasteiger partial charge in [-0.05, 0) is 67.6 Å². The van der Waals surface area contributed by atoms with Crippen molar-refractivity contribution in [3.8, 4) is 0 Å². The number of piperazine rings is 1. The molecule has 5 nitrogen and oxygen atoms in total. The minimum atomic E-state index is -0.0808. The molecule has 0 spiro atoms. The highest BCUT2D eigenvalue weighted by Gasteiger charge is 2.28. The van der Waals surface area contributed by atoms with Gasteiger partial charge in [-0.25, -0.2) is 0 Å². The number of amides is 2. The monoisotopic (exact) mass is 461 g/mol. The molecule has 0 unspecified atom stereocenters. The minimum absolute atomic E-state index is 0.0808. The van der Waals surface area contributed by atoms with Crippen molar-refractivity contribution in [1.82, 2.24) is 4.90 Å². The van der Waals surface area contributed by atoms with Gasteiger partial charge in [0.05, 0.1) is 0 Å². The standard InChI is InChI=1S/C29H39N3O2/c1-2-3-5-8-23-11-13-24(14-12-23)28(33)30-26-15-17-27(18-16-26)31-19-21-32(22-20-31)29(34)25-9-6-4-7-10-25/h11-18,25H,2-10,19-22H2,1H3,(H,30,33). The van der Waals surface area contributed by atoms with Crippen LogP contribution in [-0.4, -0.2) is 42.9 Å². The summed E-state index contributed by atoms with van der Waals surface area (Å²) in [6, 6.07) is 16.0. The van der Waals surface area contributed by atoms with Crippen molar-refractivity contribution in [3.05, 3.63) is 59.7 Å². The predicted molar refractivity (Wildman–Crippen MR) is 139 cm³/mol. The first-order valence-electron chi connectivity index (χ1n) is 13.2. The summed E-state index contributed by atoms with van der Waals surface area (Å²) in [6.07, 6.45) is 10.5. The van der Waals surface area contributed by atoms with E-state index in [1.807, 2.05) is 24.3 Å². The zero-order valence-electron chi connectivity index (χ0n) is 20.6. The van der Waals surface area contributed by atoms with Crippen LogP contribution < -0.4 is 10.2 Å². The van der Waals surface area contributed by atoms with E-state index in [2.05, 4.69) is 46.3 Å². The lowest BCUT2D eigenvalue weighted by Crippen LogP contribution is -2.50. The SMILES string of the molecule is CCCCCc1ccc(C(=O)Nc2ccc(N3CCN(C(=O)C4CCCCC4)CC3)cc2)cc1. The molecule has 1 heterocycles. The molecule has 0 aromatic heterocycles. The van der Waals surface area contributed by atoms with Crippen molar-refractivity contribution >= 4 is 23.2 Å². The van der Waals surface area contributed by atoms with Gasteiger partial charge in [-0.2, -0.15) is 0 Å². The van der Waals surface area contributed by atoms with Gasteiger partial charge >= 0.3 is 0 Å². The topological polar surface area (TPSA) is 52.7 Å². The summed E-state index contributed by atoms with van der Waals surface area (Å²) in [5.41, 5.74) is 3.91. The Hall–Kier alpha value is -2.82. The van der Waals surface area contributed by atoms with Crippen molar-refractivity contribution in [2.75, 3.05) is 36.4 Å². The Labute approximate surface area is 204 Å². The molecule has 0 bridgehead atoms. The van der Waals surface area contributed by atoms with Crippen LogP contribution in [0.4, 0.5) is 11.4 Å². The Kier molecular flexibility index (Phi) is 8.62. The second-order valence-corrected chi connectivity index (χ2v) is 9.80. The maximum absolute atomic E-state index is 12.8. The highest BCUT2D eigenvalue weighted by Crippen LogP contribution is 2.27. The van der Waals surface area contributed by atoms with Crippen LogP contribution in [0.25, 0.3) is 0 Å². The van der Waals surface area contributed by atoms with Gasteiger partial charge in [-0.15, -0.1) is 0 Å². The van der Waals surface area contributed by atoms with E-state index in [1.165, 1.54) is 44.1 Å². The number of hydrogen-bond donors (Lipinski definition) is 1. The highest BCUT2D eigenvalue weighted by molar-refractivity contribution is 6.04. The smallest absolute Gasteiger partial charge is 0.255 e. The molecule has 2 fully saturated rings. The maximum Gasteiger partial charge on any atom is 0.255 e. The van der Waals surface area contributed by atoms with Crippen molar-refractivity contribution in [1.29, 1.82) is 0 Å². The number of aryl methyl sites for hydroxylation is 1. The molecule has 2 aromatic carbocycles. The quantitative estimate of drug-likeness (QED) is 0.498. The molecule has 182 valence electrons. The molecule has 1 N–H and O–H groups in total. The number of nitrogens with zero attached hydrogens (tertiary/aromatic N) is 2. The molecule has 34 heavy (non-hydrogen) atoms. The Balaban J connectivity index is 1.25. The maximum atomic E-state index is 12.8. The van der Waals surface area contributed by atoms with Crippen molar-refractivity contribution in [3.63, 3.8) is 0 Å². The third-order valence-corrected chi connectivity index (χ3v) is 7.32. The third kappa shape index (κ3) is 6.40. The van der Waals surface area contributed by atoms with E-state index in [0.717, 1.165) is 56.8 Å². The average molecular weight is 462 g/mol. The van der Waals surface area contributed by atoms with Gasteiger partial charge in [0, 0.05) is 49.0 Å². The lowest BCUT2D eigenvalue weighted by Gasteiger charge is -2.38. The molecular formula is C29H39N3O2. The number of carbonyl (C=O) groups is 2. The largest absolute Gasteiger partial charge is 0.368 e. The van der Waals surface area contributed by atoms with Crippen LogP contribution in [0, 0.1) is 5.92 Å². The first-order chi connectivity index (χ1) is 16.6. The summed E-state index contributed by atoms with van der Waals surface area (Å²) in [4.78, 5) is 29.8. The second kappa shape index (κ2) is 12.0. The average Bonchev–Trinajstić information content (AvgIpc) is 2.90. The van der Waals surface area contributed by atoms with Crippen LogP contribution >= 0.6 is 0 Å². The molecule has 2 amide bonds. The summed E-state index contributed by atoms with van der Waals surface area (Å²) >= 11 is 0. The van der Waals surface area contributed by atoms with Crippen LogP contribution in [0.2, 0.25) is 0 Å². The first-order valence-corrected chi connectivity index (χ1v) is 13.2. The van der Waals surface area contributed by atoms with Crippen molar-refractivity contribution in [2.45, 2.75) is 64.7 Å². The van der Waals surface area contributed by atoms with Gasteiger partial charge in [0.15, 0.2) is 0 Å². The fraction of sp³-hybridized carbons (Fsp3) is 0.517. The third-order valence-electron chi connectivity index (χ3n) is 7.32. The zero-order valence-corrected chi connectivity index (χ0v) is 20.6. The van der Waals surface area contributed by atoms with Crippen LogP contribution in [-0.2, 0) is 11.2 Å². The number of benzene rings is 2. The fourth-order valence-electron chi connectivity index (χ4n) is 5.15. The molecule has 5 heteroatoms. The molecule has 0 atom stereocenters. The molecule has 1 aliphatic heterocycles. The van der Waals surface area contributed by atoms with Gasteiger partial charge in [-0.1, -0.05) is 51.2 Å². The Morgan fingerprint density at radius 1 is 0.853 bits per heavy atom. The molecule has 0 radical (unpaired) electrons. The highest BCUT2D eigenvalue weighted by atomic mass is 16.2. The van der Waals surface area contributed by atoms with Crippen LogP contribution in [0.3, 0.4) is 0 Å². The lowest BCUT2D eigenvalue weighted by molar-refractivity contribution is -0.136. The molecule has 2 aromatic rings. The van der Waals surface area contributed by atoms with Crippen LogP contribution in [0.5, 0.6) is 0 Å².